The second kappa shape index (κ2) is 11.6. The number of nitrogens with one attached hydrogen (secondary N) is 2. The molecule has 0 aliphatic carbocycles. The van der Waals surface area contributed by atoms with Crippen molar-refractivity contribution in [2.75, 3.05) is 19.0 Å². The van der Waals surface area contributed by atoms with Gasteiger partial charge in [0, 0.05) is 10.6 Å². The van der Waals surface area contributed by atoms with Crippen LogP contribution >= 0.6 is 22.9 Å². The average molecular weight is 489 g/mol. The van der Waals surface area contributed by atoms with E-state index in [0.29, 0.717) is 33.1 Å². The summed E-state index contributed by atoms with van der Waals surface area (Å²) in [5.74, 6) is 0.346. The van der Waals surface area contributed by atoms with Gasteiger partial charge in [-0.05, 0) is 42.3 Å². The normalized spacial score (nSPS) is 12.5. The van der Waals surface area contributed by atoms with Gasteiger partial charge in [0.1, 0.15) is 22.5 Å². The summed E-state index contributed by atoms with van der Waals surface area (Å²) in [5, 5.41) is 15.3. The van der Waals surface area contributed by atoms with E-state index >= 15 is 0 Å². The van der Waals surface area contributed by atoms with Gasteiger partial charge in [0.05, 0.1) is 7.11 Å². The van der Waals surface area contributed by atoms with Crippen LogP contribution in [0.3, 0.4) is 0 Å². The molecule has 2 amide bonds. The van der Waals surface area contributed by atoms with Gasteiger partial charge in [-0.2, -0.15) is 0 Å². The average Bonchev–Trinajstić information content (AvgIpc) is 3.30. The Bertz CT molecular complexity index is 1090. The van der Waals surface area contributed by atoms with Gasteiger partial charge in [0.25, 0.3) is 5.91 Å². The number of hydrogen-bond acceptors (Lipinski definition) is 7. The first-order chi connectivity index (χ1) is 15.9. The lowest BCUT2D eigenvalue weighted by Crippen LogP contribution is -2.49. The lowest BCUT2D eigenvalue weighted by atomic mass is 9.98. The topological polar surface area (TPSA) is 102 Å². The molecule has 3 rings (SSSR count). The van der Waals surface area contributed by atoms with Gasteiger partial charge in [-0.3, -0.25) is 14.9 Å². The zero-order valence-corrected chi connectivity index (χ0v) is 20.1. The number of rotatable bonds is 10. The predicted octanol–water partition coefficient (Wildman–Crippen LogP) is 4.42. The molecular formula is C23H25ClN4O4S. The number of anilines is 1. The smallest absolute Gasteiger partial charge is 0.258 e. The van der Waals surface area contributed by atoms with Crippen molar-refractivity contribution in [2.45, 2.75) is 26.3 Å². The van der Waals surface area contributed by atoms with Crippen LogP contribution in [0, 0.1) is 5.92 Å². The third-order valence-electron chi connectivity index (χ3n) is 4.97. The molecule has 2 N–H and O–H groups in total. The van der Waals surface area contributed by atoms with Crippen LogP contribution in [0.2, 0.25) is 5.02 Å². The molecule has 33 heavy (non-hydrogen) atoms. The minimum absolute atomic E-state index is 0.102. The largest absolute Gasteiger partial charge is 0.497 e. The van der Waals surface area contributed by atoms with Crippen molar-refractivity contribution in [1.82, 2.24) is 15.5 Å². The van der Waals surface area contributed by atoms with Gasteiger partial charge in [0.15, 0.2) is 6.61 Å². The molecule has 0 aliphatic rings. The summed E-state index contributed by atoms with van der Waals surface area (Å²) in [6.07, 6.45) is 0.696. The number of hydrogen-bond donors (Lipinski definition) is 2. The van der Waals surface area contributed by atoms with Gasteiger partial charge in [0.2, 0.25) is 11.0 Å². The van der Waals surface area contributed by atoms with E-state index in [1.54, 1.807) is 31.4 Å². The van der Waals surface area contributed by atoms with Crippen molar-refractivity contribution in [3.05, 3.63) is 53.6 Å². The van der Waals surface area contributed by atoms with Crippen molar-refractivity contribution in [1.29, 1.82) is 0 Å². The lowest BCUT2D eigenvalue weighted by molar-refractivity contribution is -0.128. The van der Waals surface area contributed by atoms with E-state index in [-0.39, 0.29) is 18.4 Å². The SMILES string of the molecule is CCC(C)C(NC(=O)COc1ccc(Cl)cc1)C(=O)Nc1nnc(-c2cccc(OC)c2)s1. The molecule has 0 saturated carbocycles. The summed E-state index contributed by atoms with van der Waals surface area (Å²) in [6.45, 7) is 3.63. The van der Waals surface area contributed by atoms with E-state index in [1.807, 2.05) is 38.1 Å². The molecule has 3 aromatic rings. The Morgan fingerprint density at radius 3 is 2.58 bits per heavy atom. The fourth-order valence-corrected chi connectivity index (χ4v) is 3.80. The molecule has 2 atom stereocenters. The highest BCUT2D eigenvalue weighted by Crippen LogP contribution is 2.29. The maximum absolute atomic E-state index is 12.9. The predicted molar refractivity (Wildman–Crippen MR) is 129 cm³/mol. The Labute approximate surface area is 201 Å². The number of amides is 2. The number of aromatic nitrogens is 2. The molecule has 0 bridgehead atoms. The van der Waals surface area contributed by atoms with Crippen LogP contribution in [-0.2, 0) is 9.59 Å². The highest BCUT2D eigenvalue weighted by molar-refractivity contribution is 7.18. The van der Waals surface area contributed by atoms with Gasteiger partial charge < -0.3 is 14.8 Å². The molecular weight excluding hydrogens is 464 g/mol. The fraction of sp³-hybridized carbons (Fsp3) is 0.304. The van der Waals surface area contributed by atoms with E-state index in [2.05, 4.69) is 20.8 Å². The highest BCUT2D eigenvalue weighted by atomic mass is 35.5. The van der Waals surface area contributed by atoms with Crippen molar-refractivity contribution in [2.24, 2.45) is 5.92 Å². The van der Waals surface area contributed by atoms with Gasteiger partial charge in [-0.1, -0.05) is 55.3 Å². The molecule has 174 valence electrons. The number of benzene rings is 2. The first-order valence-electron chi connectivity index (χ1n) is 10.4. The zero-order valence-electron chi connectivity index (χ0n) is 18.5. The monoisotopic (exact) mass is 488 g/mol. The number of carbonyl (C=O) groups excluding carboxylic acids is 2. The number of carbonyl (C=O) groups is 2. The molecule has 2 unspecified atom stereocenters. The number of halogens is 1. The molecule has 0 saturated heterocycles. The fourth-order valence-electron chi connectivity index (χ4n) is 2.93. The van der Waals surface area contributed by atoms with Crippen LogP contribution in [0.1, 0.15) is 20.3 Å². The number of nitrogens with zero attached hydrogens (tertiary/aromatic N) is 2. The Kier molecular flexibility index (Phi) is 8.62. The zero-order chi connectivity index (χ0) is 23.8. The van der Waals surface area contributed by atoms with E-state index < -0.39 is 11.9 Å². The Morgan fingerprint density at radius 1 is 1.12 bits per heavy atom. The molecule has 1 aromatic heterocycles. The standard InChI is InChI=1S/C23H25ClN4O4S/c1-4-14(2)20(25-19(29)13-32-17-10-8-16(24)9-11-17)21(30)26-23-28-27-22(33-23)15-6-5-7-18(12-15)31-3/h5-12,14,20H,4,13H2,1-3H3,(H,25,29)(H,26,28,30). The van der Waals surface area contributed by atoms with Crippen LogP contribution < -0.4 is 20.1 Å². The summed E-state index contributed by atoms with van der Waals surface area (Å²) in [4.78, 5) is 25.4. The second-order valence-electron chi connectivity index (χ2n) is 7.31. The van der Waals surface area contributed by atoms with Crippen LogP contribution in [0.25, 0.3) is 10.6 Å². The minimum atomic E-state index is -0.750. The minimum Gasteiger partial charge on any atom is -0.497 e. The van der Waals surface area contributed by atoms with Gasteiger partial charge in [-0.25, -0.2) is 0 Å². The molecule has 2 aromatic carbocycles. The van der Waals surface area contributed by atoms with E-state index in [1.165, 1.54) is 11.3 Å². The van der Waals surface area contributed by atoms with Crippen molar-refractivity contribution >= 4 is 39.9 Å². The lowest BCUT2D eigenvalue weighted by Gasteiger charge is -2.23. The van der Waals surface area contributed by atoms with Crippen molar-refractivity contribution in [3.63, 3.8) is 0 Å². The Hall–Kier alpha value is -3.17. The molecule has 0 radical (unpaired) electrons. The third kappa shape index (κ3) is 6.90. The van der Waals surface area contributed by atoms with Crippen LogP contribution in [0.15, 0.2) is 48.5 Å². The summed E-state index contributed by atoms with van der Waals surface area (Å²) >= 11 is 7.09. The Balaban J connectivity index is 1.62. The van der Waals surface area contributed by atoms with Crippen LogP contribution in [0.5, 0.6) is 11.5 Å². The summed E-state index contributed by atoms with van der Waals surface area (Å²) in [7, 11) is 1.59. The molecule has 10 heteroatoms. The van der Waals surface area contributed by atoms with Gasteiger partial charge >= 0.3 is 0 Å². The third-order valence-corrected chi connectivity index (χ3v) is 6.11. The molecule has 0 spiro atoms. The summed E-state index contributed by atoms with van der Waals surface area (Å²) in [6, 6.07) is 13.4. The first-order valence-corrected chi connectivity index (χ1v) is 11.6. The molecule has 0 aliphatic heterocycles. The van der Waals surface area contributed by atoms with Gasteiger partial charge in [-0.15, -0.1) is 10.2 Å². The second-order valence-corrected chi connectivity index (χ2v) is 8.72. The summed E-state index contributed by atoms with van der Waals surface area (Å²) in [5.41, 5.74) is 0.832. The number of methoxy groups -OCH3 is 1. The highest BCUT2D eigenvalue weighted by Gasteiger charge is 2.27. The quantitative estimate of drug-likeness (QED) is 0.438. The first kappa shape index (κ1) is 24.5. The van der Waals surface area contributed by atoms with Crippen molar-refractivity contribution in [3.8, 4) is 22.1 Å². The van der Waals surface area contributed by atoms with E-state index in [4.69, 9.17) is 21.1 Å². The number of ether oxygens (including phenoxy) is 2. The van der Waals surface area contributed by atoms with Crippen molar-refractivity contribution < 1.29 is 19.1 Å². The van der Waals surface area contributed by atoms with E-state index in [0.717, 1.165) is 5.56 Å². The maximum atomic E-state index is 12.9. The summed E-state index contributed by atoms with van der Waals surface area (Å²) < 4.78 is 10.7. The Morgan fingerprint density at radius 2 is 1.88 bits per heavy atom. The molecule has 0 fully saturated rings. The van der Waals surface area contributed by atoms with E-state index in [9.17, 15) is 9.59 Å². The maximum Gasteiger partial charge on any atom is 0.258 e. The van der Waals surface area contributed by atoms with Crippen LogP contribution in [-0.4, -0.2) is 41.8 Å². The molecule has 8 nitrogen and oxygen atoms in total. The molecule has 1 heterocycles. The van der Waals surface area contributed by atoms with Crippen LogP contribution in [0.4, 0.5) is 5.13 Å².